The highest BCUT2D eigenvalue weighted by Gasteiger charge is 2.31. The maximum absolute atomic E-state index is 11.9. The second-order valence-electron chi connectivity index (χ2n) is 4.86. The van der Waals surface area contributed by atoms with Gasteiger partial charge in [0.05, 0.1) is 5.92 Å². The number of rotatable bonds is 5. The molecular weight excluding hydrogens is 279 g/mol. The number of carbonyl (C=O) groups excluding carboxylic acids is 1. The van der Waals surface area contributed by atoms with Gasteiger partial charge >= 0.3 is 12.1 Å². The Hall–Kier alpha value is -1.31. The topological polar surface area (TPSA) is 75.6 Å². The smallest absolute Gasteiger partial charge is 0.411 e. The lowest BCUT2D eigenvalue weighted by molar-refractivity contribution is -0.175. The zero-order valence-electron chi connectivity index (χ0n) is 10.9. The Bertz CT molecular complexity index is 346. The third-order valence-corrected chi connectivity index (χ3v) is 3.18. The van der Waals surface area contributed by atoms with E-state index in [0.29, 0.717) is 12.8 Å². The fourth-order valence-electron chi connectivity index (χ4n) is 2.28. The largest absolute Gasteiger partial charge is 0.481 e. The molecule has 1 amide bonds. The number of amides is 1. The summed E-state index contributed by atoms with van der Waals surface area (Å²) in [5.41, 5.74) is 0. The second kappa shape index (κ2) is 7.47. The van der Waals surface area contributed by atoms with Gasteiger partial charge in [-0.25, -0.2) is 0 Å². The molecule has 1 aliphatic carbocycles. The molecule has 0 aliphatic heterocycles. The summed E-state index contributed by atoms with van der Waals surface area (Å²) in [5.74, 6) is -2.40. The maximum Gasteiger partial charge on any atom is 0.411 e. The predicted molar refractivity (Wildman–Crippen MR) is 63.0 cm³/mol. The number of nitrogens with one attached hydrogen (secondary N) is 1. The maximum atomic E-state index is 11.9. The molecule has 116 valence electrons. The molecule has 1 saturated carbocycles. The molecular formula is C12H18F3NO4. The molecule has 1 fully saturated rings. The van der Waals surface area contributed by atoms with E-state index in [1.807, 2.05) is 0 Å². The van der Waals surface area contributed by atoms with Crippen LogP contribution in [0.2, 0.25) is 0 Å². The molecule has 2 N–H and O–H groups in total. The van der Waals surface area contributed by atoms with Gasteiger partial charge < -0.3 is 15.2 Å². The molecule has 0 aromatic heterocycles. The van der Waals surface area contributed by atoms with Crippen LogP contribution in [0.1, 0.15) is 32.1 Å². The number of carbonyl (C=O) groups is 2. The third-order valence-electron chi connectivity index (χ3n) is 3.18. The van der Waals surface area contributed by atoms with Gasteiger partial charge in [0.15, 0.2) is 0 Å². The summed E-state index contributed by atoms with van der Waals surface area (Å²) in [6.45, 7) is -2.21. The van der Waals surface area contributed by atoms with Crippen LogP contribution in [-0.4, -0.2) is 42.4 Å². The van der Waals surface area contributed by atoms with E-state index in [2.05, 4.69) is 10.1 Å². The average molecular weight is 297 g/mol. The molecule has 0 heterocycles. The summed E-state index contributed by atoms with van der Waals surface area (Å²) in [7, 11) is 0. The molecule has 0 bridgehead atoms. The van der Waals surface area contributed by atoms with Crippen LogP contribution < -0.4 is 5.32 Å². The van der Waals surface area contributed by atoms with Gasteiger partial charge in [0, 0.05) is 6.04 Å². The van der Waals surface area contributed by atoms with Gasteiger partial charge in [-0.1, -0.05) is 19.3 Å². The monoisotopic (exact) mass is 297 g/mol. The fourth-order valence-corrected chi connectivity index (χ4v) is 2.28. The minimum Gasteiger partial charge on any atom is -0.481 e. The van der Waals surface area contributed by atoms with Crippen molar-refractivity contribution >= 4 is 11.9 Å². The summed E-state index contributed by atoms with van der Waals surface area (Å²) < 4.78 is 39.8. The molecule has 0 saturated heterocycles. The molecule has 0 radical (unpaired) electrons. The minimum absolute atomic E-state index is 0.462. The zero-order valence-corrected chi connectivity index (χ0v) is 10.9. The first-order chi connectivity index (χ1) is 9.29. The Labute approximate surface area is 114 Å². The van der Waals surface area contributed by atoms with Gasteiger partial charge in [-0.2, -0.15) is 13.2 Å². The lowest BCUT2D eigenvalue weighted by atomic mass is 9.95. The molecule has 5 nitrogen and oxygen atoms in total. The summed E-state index contributed by atoms with van der Waals surface area (Å²) in [4.78, 5) is 22.6. The molecule has 0 aromatic carbocycles. The fraction of sp³-hybridized carbons (Fsp3) is 0.833. The Balaban J connectivity index is 2.43. The van der Waals surface area contributed by atoms with Crippen LogP contribution in [-0.2, 0) is 14.3 Å². The normalized spacial score (nSPS) is 23.9. The number of carboxylic acid groups (broad SMARTS) is 1. The van der Waals surface area contributed by atoms with Crippen molar-refractivity contribution in [1.29, 1.82) is 0 Å². The first kappa shape index (κ1) is 16.7. The third kappa shape index (κ3) is 6.23. The summed E-state index contributed by atoms with van der Waals surface area (Å²) >= 11 is 0. The minimum atomic E-state index is -4.48. The Kier molecular flexibility index (Phi) is 6.25. The van der Waals surface area contributed by atoms with E-state index in [-0.39, 0.29) is 0 Å². The van der Waals surface area contributed by atoms with Crippen LogP contribution >= 0.6 is 0 Å². The Morgan fingerprint density at radius 2 is 1.85 bits per heavy atom. The number of hydrogen-bond acceptors (Lipinski definition) is 3. The van der Waals surface area contributed by atoms with Gasteiger partial charge in [0.2, 0.25) is 5.91 Å². The number of aliphatic carboxylic acids is 1. The van der Waals surface area contributed by atoms with Crippen molar-refractivity contribution in [2.75, 3.05) is 13.2 Å². The molecule has 0 spiro atoms. The summed E-state index contributed by atoms with van der Waals surface area (Å²) in [6.07, 6.45) is -1.05. The molecule has 1 rings (SSSR count). The molecule has 8 heteroatoms. The molecule has 2 atom stereocenters. The second-order valence-corrected chi connectivity index (χ2v) is 4.86. The summed E-state index contributed by atoms with van der Waals surface area (Å²) in [6, 6.07) is -0.544. The van der Waals surface area contributed by atoms with Crippen molar-refractivity contribution < 1.29 is 32.6 Å². The van der Waals surface area contributed by atoms with Crippen LogP contribution in [0.4, 0.5) is 13.2 Å². The first-order valence-corrected chi connectivity index (χ1v) is 6.46. The van der Waals surface area contributed by atoms with Gasteiger partial charge in [-0.3, -0.25) is 9.59 Å². The molecule has 1 aliphatic rings. The molecule has 0 aromatic rings. The van der Waals surface area contributed by atoms with Gasteiger partial charge in [0.25, 0.3) is 0 Å². The van der Waals surface area contributed by atoms with Crippen molar-refractivity contribution in [3.05, 3.63) is 0 Å². The molecule has 20 heavy (non-hydrogen) atoms. The van der Waals surface area contributed by atoms with Crippen LogP contribution in [0.5, 0.6) is 0 Å². The van der Waals surface area contributed by atoms with E-state index in [0.717, 1.165) is 19.3 Å². The van der Waals surface area contributed by atoms with Gasteiger partial charge in [-0.15, -0.1) is 0 Å². The highest BCUT2D eigenvalue weighted by molar-refractivity contribution is 5.79. The number of halogens is 3. The standard InChI is InChI=1S/C12H18F3NO4/c13-12(14,15)7-20-6-10(17)16-9-5-3-1-2-4-8(9)11(18)19/h8-9H,1-7H2,(H,16,17)(H,18,19). The highest BCUT2D eigenvalue weighted by atomic mass is 19.4. The van der Waals surface area contributed by atoms with Crippen molar-refractivity contribution in [2.45, 2.75) is 44.3 Å². The average Bonchev–Trinajstić information content (AvgIpc) is 2.52. The highest BCUT2D eigenvalue weighted by Crippen LogP contribution is 2.23. The van der Waals surface area contributed by atoms with E-state index < -0.39 is 43.2 Å². The van der Waals surface area contributed by atoms with Crippen LogP contribution in [0.15, 0.2) is 0 Å². The first-order valence-electron chi connectivity index (χ1n) is 6.46. The predicted octanol–water partition coefficient (Wildman–Crippen LogP) is 1.72. The summed E-state index contributed by atoms with van der Waals surface area (Å²) in [5, 5.41) is 11.6. The van der Waals surface area contributed by atoms with E-state index in [4.69, 9.17) is 5.11 Å². The van der Waals surface area contributed by atoms with E-state index >= 15 is 0 Å². The number of ether oxygens (including phenoxy) is 1. The van der Waals surface area contributed by atoms with Crippen molar-refractivity contribution in [1.82, 2.24) is 5.32 Å². The zero-order chi connectivity index (χ0) is 15.2. The van der Waals surface area contributed by atoms with Crippen molar-refractivity contribution in [2.24, 2.45) is 5.92 Å². The van der Waals surface area contributed by atoms with Crippen LogP contribution in [0.3, 0.4) is 0 Å². The Morgan fingerprint density at radius 3 is 2.45 bits per heavy atom. The number of alkyl halides is 3. The SMILES string of the molecule is O=C(COCC(F)(F)F)NC1CCCCCC1C(=O)O. The quantitative estimate of drug-likeness (QED) is 0.758. The number of hydrogen-bond donors (Lipinski definition) is 2. The van der Waals surface area contributed by atoms with Crippen molar-refractivity contribution in [3.63, 3.8) is 0 Å². The van der Waals surface area contributed by atoms with E-state index in [9.17, 15) is 22.8 Å². The van der Waals surface area contributed by atoms with Gasteiger partial charge in [-0.05, 0) is 12.8 Å². The van der Waals surface area contributed by atoms with Gasteiger partial charge in [0.1, 0.15) is 13.2 Å². The van der Waals surface area contributed by atoms with Crippen LogP contribution in [0, 0.1) is 5.92 Å². The van der Waals surface area contributed by atoms with E-state index in [1.54, 1.807) is 0 Å². The lowest BCUT2D eigenvalue weighted by Crippen LogP contribution is -2.44. The van der Waals surface area contributed by atoms with Crippen molar-refractivity contribution in [3.8, 4) is 0 Å². The number of carboxylic acids is 1. The van der Waals surface area contributed by atoms with Crippen LogP contribution in [0.25, 0.3) is 0 Å². The molecule has 2 unspecified atom stereocenters. The Morgan fingerprint density at radius 1 is 1.20 bits per heavy atom. The van der Waals surface area contributed by atoms with E-state index in [1.165, 1.54) is 0 Å². The lowest BCUT2D eigenvalue weighted by Gasteiger charge is -2.22.